The lowest BCUT2D eigenvalue weighted by Gasteiger charge is -2.08. The first-order chi connectivity index (χ1) is 14.2. The van der Waals surface area contributed by atoms with Gasteiger partial charge < -0.3 is 14.2 Å². The van der Waals surface area contributed by atoms with Gasteiger partial charge in [0.2, 0.25) is 0 Å². The molecule has 2 aromatic rings. The van der Waals surface area contributed by atoms with Crippen molar-refractivity contribution in [2.45, 2.75) is 51.4 Å². The summed E-state index contributed by atoms with van der Waals surface area (Å²) < 4.78 is 16.2. The van der Waals surface area contributed by atoms with Crippen molar-refractivity contribution < 1.29 is 19.0 Å². The second-order valence-electron chi connectivity index (χ2n) is 6.99. The molecule has 0 radical (unpaired) electrons. The Morgan fingerprint density at radius 2 is 1.34 bits per heavy atom. The number of ether oxygens (including phenoxy) is 3. The first-order valence-corrected chi connectivity index (χ1v) is 10.4. The fourth-order valence-electron chi connectivity index (χ4n) is 2.96. The molecule has 4 heteroatoms. The maximum absolute atomic E-state index is 12.2. The molecule has 0 heterocycles. The average molecular weight is 397 g/mol. The van der Waals surface area contributed by atoms with E-state index in [0.29, 0.717) is 17.9 Å². The summed E-state index contributed by atoms with van der Waals surface area (Å²) in [5.41, 5.74) is 0.490. The Morgan fingerprint density at radius 1 is 0.793 bits per heavy atom. The van der Waals surface area contributed by atoms with Gasteiger partial charge in [-0.2, -0.15) is 0 Å². The van der Waals surface area contributed by atoms with Crippen LogP contribution in [-0.4, -0.2) is 19.7 Å². The minimum absolute atomic E-state index is 0.394. The molecule has 0 bridgehead atoms. The number of hydrogen-bond acceptors (Lipinski definition) is 4. The zero-order valence-corrected chi connectivity index (χ0v) is 17.4. The van der Waals surface area contributed by atoms with Crippen molar-refractivity contribution in [3.8, 4) is 17.2 Å². The minimum atomic E-state index is -0.394. The average Bonchev–Trinajstić information content (AvgIpc) is 2.76. The van der Waals surface area contributed by atoms with E-state index in [1.54, 1.807) is 43.5 Å². The zero-order valence-electron chi connectivity index (χ0n) is 17.4. The number of carbonyl (C=O) groups is 1. The minimum Gasteiger partial charge on any atom is -0.497 e. The first kappa shape index (κ1) is 22.5. The molecule has 0 saturated carbocycles. The van der Waals surface area contributed by atoms with E-state index in [-0.39, 0.29) is 0 Å². The summed E-state index contributed by atoms with van der Waals surface area (Å²) in [6.07, 6.45) is 11.8. The molecule has 0 fully saturated rings. The van der Waals surface area contributed by atoms with Crippen molar-refractivity contribution in [3.05, 3.63) is 66.7 Å². The van der Waals surface area contributed by atoms with Crippen LogP contribution in [0.4, 0.5) is 0 Å². The highest BCUT2D eigenvalue weighted by Crippen LogP contribution is 2.19. The zero-order chi connectivity index (χ0) is 20.7. The quantitative estimate of drug-likeness (QED) is 0.156. The maximum Gasteiger partial charge on any atom is 0.343 e. The van der Waals surface area contributed by atoms with Gasteiger partial charge in [0, 0.05) is 0 Å². The highest BCUT2D eigenvalue weighted by Gasteiger charge is 2.09. The van der Waals surface area contributed by atoms with E-state index >= 15 is 0 Å². The van der Waals surface area contributed by atoms with E-state index < -0.39 is 5.97 Å². The number of rotatable bonds is 14. The third-order valence-electron chi connectivity index (χ3n) is 4.68. The van der Waals surface area contributed by atoms with E-state index in [1.165, 1.54) is 38.5 Å². The van der Waals surface area contributed by atoms with Crippen molar-refractivity contribution in [1.82, 2.24) is 0 Å². The first-order valence-electron chi connectivity index (χ1n) is 10.4. The van der Waals surface area contributed by atoms with Gasteiger partial charge in [0.15, 0.2) is 0 Å². The summed E-state index contributed by atoms with van der Waals surface area (Å²) in [6.45, 7) is 4.45. The van der Waals surface area contributed by atoms with Crippen molar-refractivity contribution in [3.63, 3.8) is 0 Å². The predicted octanol–water partition coefficient (Wildman–Crippen LogP) is 6.60. The van der Waals surface area contributed by atoms with Gasteiger partial charge in [0.25, 0.3) is 0 Å². The normalized spacial score (nSPS) is 10.4. The van der Waals surface area contributed by atoms with E-state index in [9.17, 15) is 4.79 Å². The van der Waals surface area contributed by atoms with Crippen molar-refractivity contribution >= 4 is 5.97 Å². The van der Waals surface area contributed by atoms with Crippen LogP contribution < -0.4 is 14.2 Å². The van der Waals surface area contributed by atoms with E-state index in [2.05, 4.69) is 6.58 Å². The fraction of sp³-hybridized carbons (Fsp3) is 0.400. The van der Waals surface area contributed by atoms with Gasteiger partial charge in [-0.15, -0.1) is 6.58 Å². The maximum atomic E-state index is 12.2. The summed E-state index contributed by atoms with van der Waals surface area (Å²) in [5, 5.41) is 0. The van der Waals surface area contributed by atoms with E-state index in [0.717, 1.165) is 24.3 Å². The second-order valence-corrected chi connectivity index (χ2v) is 6.99. The van der Waals surface area contributed by atoms with Crippen LogP contribution in [0.5, 0.6) is 17.2 Å². The second kappa shape index (κ2) is 13.4. The fourth-order valence-corrected chi connectivity index (χ4v) is 2.96. The van der Waals surface area contributed by atoms with Gasteiger partial charge in [0.1, 0.15) is 17.2 Å². The Labute approximate surface area is 174 Å². The lowest BCUT2D eigenvalue weighted by molar-refractivity contribution is 0.0734. The lowest BCUT2D eigenvalue weighted by Crippen LogP contribution is -2.08. The molecule has 0 unspecified atom stereocenters. The molecule has 0 atom stereocenters. The van der Waals surface area contributed by atoms with Gasteiger partial charge in [-0.1, -0.05) is 38.2 Å². The molecule has 0 saturated heterocycles. The molecular weight excluding hydrogens is 364 g/mol. The number of esters is 1. The summed E-state index contributed by atoms with van der Waals surface area (Å²) >= 11 is 0. The van der Waals surface area contributed by atoms with Crippen molar-refractivity contribution in [1.29, 1.82) is 0 Å². The van der Waals surface area contributed by atoms with Crippen molar-refractivity contribution in [2.24, 2.45) is 0 Å². The number of benzene rings is 2. The summed E-state index contributed by atoms with van der Waals surface area (Å²) in [4.78, 5) is 12.2. The van der Waals surface area contributed by atoms with Crippen LogP contribution >= 0.6 is 0 Å². The number of hydrogen-bond donors (Lipinski definition) is 0. The molecule has 0 spiro atoms. The molecule has 0 N–H and O–H groups in total. The molecule has 2 rings (SSSR count). The summed E-state index contributed by atoms with van der Waals surface area (Å²) in [6, 6.07) is 14.0. The van der Waals surface area contributed by atoms with Crippen LogP contribution in [0.3, 0.4) is 0 Å². The topological polar surface area (TPSA) is 44.8 Å². The molecular formula is C25H32O4. The van der Waals surface area contributed by atoms with Crippen molar-refractivity contribution in [2.75, 3.05) is 13.7 Å². The van der Waals surface area contributed by atoms with Gasteiger partial charge in [-0.3, -0.25) is 0 Å². The molecule has 0 aromatic heterocycles. The number of carbonyl (C=O) groups excluding carboxylic acids is 1. The third-order valence-corrected chi connectivity index (χ3v) is 4.68. The Bertz CT molecular complexity index is 719. The van der Waals surface area contributed by atoms with Gasteiger partial charge >= 0.3 is 5.97 Å². The monoisotopic (exact) mass is 396 g/mol. The predicted molar refractivity (Wildman–Crippen MR) is 117 cm³/mol. The van der Waals surface area contributed by atoms with Gasteiger partial charge in [0.05, 0.1) is 19.3 Å². The smallest absolute Gasteiger partial charge is 0.343 e. The van der Waals surface area contributed by atoms with Crippen LogP contribution in [0.25, 0.3) is 0 Å². The lowest BCUT2D eigenvalue weighted by atomic mass is 10.1. The standard InChI is InChI=1S/C25H32O4/c1-3-4-5-6-7-8-9-10-11-20-28-23-14-12-21(13-15-23)25(26)29-24-18-16-22(27-2)17-19-24/h3,12-19H,1,4-11,20H2,2H3. The molecule has 0 aliphatic carbocycles. The Kier molecular flexibility index (Phi) is 10.4. The highest BCUT2D eigenvalue weighted by molar-refractivity contribution is 5.91. The molecule has 2 aromatic carbocycles. The van der Waals surface area contributed by atoms with Crippen LogP contribution in [0.15, 0.2) is 61.2 Å². The molecule has 0 amide bonds. The third kappa shape index (κ3) is 8.86. The highest BCUT2D eigenvalue weighted by atomic mass is 16.5. The van der Waals surface area contributed by atoms with Gasteiger partial charge in [-0.25, -0.2) is 4.79 Å². The van der Waals surface area contributed by atoms with Gasteiger partial charge in [-0.05, 0) is 67.8 Å². The molecule has 156 valence electrons. The number of unbranched alkanes of at least 4 members (excludes halogenated alkanes) is 7. The molecule has 29 heavy (non-hydrogen) atoms. The molecule has 0 aliphatic rings. The number of allylic oxidation sites excluding steroid dienone is 1. The molecule has 0 aliphatic heterocycles. The van der Waals surface area contributed by atoms with Crippen LogP contribution in [0.1, 0.15) is 61.7 Å². The summed E-state index contributed by atoms with van der Waals surface area (Å²) in [7, 11) is 1.59. The van der Waals surface area contributed by atoms with Crippen LogP contribution in [0.2, 0.25) is 0 Å². The largest absolute Gasteiger partial charge is 0.497 e. The Hall–Kier alpha value is -2.75. The van der Waals surface area contributed by atoms with Crippen LogP contribution in [0, 0.1) is 0 Å². The Balaban J connectivity index is 1.62. The van der Waals surface area contributed by atoms with E-state index in [4.69, 9.17) is 14.2 Å². The van der Waals surface area contributed by atoms with E-state index in [1.807, 2.05) is 18.2 Å². The Morgan fingerprint density at radius 3 is 1.97 bits per heavy atom. The number of methoxy groups -OCH3 is 1. The van der Waals surface area contributed by atoms with Crippen LogP contribution in [-0.2, 0) is 0 Å². The SMILES string of the molecule is C=CCCCCCCCCCOc1ccc(C(=O)Oc2ccc(OC)cc2)cc1. The molecule has 4 nitrogen and oxygen atoms in total. The summed E-state index contributed by atoms with van der Waals surface area (Å²) in [5.74, 6) is 1.58.